The van der Waals surface area contributed by atoms with Crippen molar-refractivity contribution in [1.82, 2.24) is 15.1 Å². The van der Waals surface area contributed by atoms with Crippen LogP contribution in [-0.2, 0) is 0 Å². The molecule has 3 heteroatoms. The number of hydrogen-bond donors (Lipinski definition) is 1. The zero-order valence-electron chi connectivity index (χ0n) is 11.9. The second-order valence-electron chi connectivity index (χ2n) is 6.47. The molecule has 0 aromatic carbocycles. The van der Waals surface area contributed by atoms with Gasteiger partial charge in [-0.1, -0.05) is 6.92 Å². The van der Waals surface area contributed by atoms with E-state index in [1.54, 1.807) is 0 Å². The number of fused-ring (bicyclic) bond motifs is 1. The Kier molecular flexibility index (Phi) is 4.22. The van der Waals surface area contributed by atoms with E-state index in [2.05, 4.69) is 22.0 Å². The first-order valence-electron chi connectivity index (χ1n) is 8.05. The Morgan fingerprint density at radius 3 is 2.72 bits per heavy atom. The van der Waals surface area contributed by atoms with Gasteiger partial charge in [-0.15, -0.1) is 0 Å². The van der Waals surface area contributed by atoms with Gasteiger partial charge in [0.2, 0.25) is 0 Å². The molecular weight excluding hydrogens is 222 g/mol. The van der Waals surface area contributed by atoms with Gasteiger partial charge in [-0.3, -0.25) is 4.90 Å². The summed E-state index contributed by atoms with van der Waals surface area (Å²) < 4.78 is 0. The molecule has 0 aromatic rings. The Morgan fingerprint density at radius 2 is 1.83 bits per heavy atom. The molecule has 0 aliphatic carbocycles. The molecule has 0 saturated carbocycles. The van der Waals surface area contributed by atoms with Crippen LogP contribution in [0.25, 0.3) is 0 Å². The average molecular weight is 251 g/mol. The molecule has 3 aliphatic rings. The molecule has 3 unspecified atom stereocenters. The van der Waals surface area contributed by atoms with Crippen LogP contribution in [0.4, 0.5) is 0 Å². The minimum Gasteiger partial charge on any atom is -0.317 e. The molecule has 3 atom stereocenters. The van der Waals surface area contributed by atoms with Crippen LogP contribution in [0.3, 0.4) is 0 Å². The monoisotopic (exact) mass is 251 g/mol. The van der Waals surface area contributed by atoms with Crippen molar-refractivity contribution in [2.24, 2.45) is 5.92 Å². The van der Waals surface area contributed by atoms with Crippen LogP contribution < -0.4 is 5.32 Å². The standard InChI is InChI=1S/C15H29N3/c1-2-16-11-13-5-8-18(12-13)15-6-9-17-7-3-4-14(17)10-15/h13-16H,2-12H2,1H3. The molecule has 18 heavy (non-hydrogen) atoms. The topological polar surface area (TPSA) is 18.5 Å². The van der Waals surface area contributed by atoms with Crippen molar-refractivity contribution < 1.29 is 0 Å². The number of nitrogens with one attached hydrogen (secondary N) is 1. The summed E-state index contributed by atoms with van der Waals surface area (Å²) in [4.78, 5) is 5.54. The predicted molar refractivity (Wildman–Crippen MR) is 75.8 cm³/mol. The summed E-state index contributed by atoms with van der Waals surface area (Å²) in [6.45, 7) is 10.0. The van der Waals surface area contributed by atoms with E-state index in [9.17, 15) is 0 Å². The maximum absolute atomic E-state index is 3.52. The Morgan fingerprint density at radius 1 is 1.00 bits per heavy atom. The molecule has 1 N–H and O–H groups in total. The average Bonchev–Trinajstić information content (AvgIpc) is 3.04. The fraction of sp³-hybridized carbons (Fsp3) is 1.00. The zero-order valence-corrected chi connectivity index (χ0v) is 11.9. The summed E-state index contributed by atoms with van der Waals surface area (Å²) in [5.41, 5.74) is 0. The summed E-state index contributed by atoms with van der Waals surface area (Å²) in [7, 11) is 0. The van der Waals surface area contributed by atoms with Crippen molar-refractivity contribution in [3.8, 4) is 0 Å². The molecular formula is C15H29N3. The van der Waals surface area contributed by atoms with E-state index in [1.807, 2.05) is 0 Å². The number of nitrogens with zero attached hydrogens (tertiary/aromatic N) is 2. The summed E-state index contributed by atoms with van der Waals surface area (Å²) in [5.74, 6) is 0.909. The third kappa shape index (κ3) is 2.73. The molecule has 3 fully saturated rings. The van der Waals surface area contributed by atoms with Crippen molar-refractivity contribution in [3.63, 3.8) is 0 Å². The van der Waals surface area contributed by atoms with E-state index in [0.29, 0.717) is 0 Å². The van der Waals surface area contributed by atoms with E-state index >= 15 is 0 Å². The number of piperidine rings is 1. The largest absolute Gasteiger partial charge is 0.317 e. The molecule has 3 aliphatic heterocycles. The summed E-state index contributed by atoms with van der Waals surface area (Å²) >= 11 is 0. The summed E-state index contributed by atoms with van der Waals surface area (Å²) in [6.07, 6.45) is 7.20. The van der Waals surface area contributed by atoms with E-state index in [0.717, 1.165) is 24.5 Å². The van der Waals surface area contributed by atoms with Crippen LogP contribution in [0.5, 0.6) is 0 Å². The molecule has 0 bridgehead atoms. The normalized spacial score (nSPS) is 38.2. The Hall–Kier alpha value is -0.120. The third-order valence-corrected chi connectivity index (χ3v) is 5.31. The lowest BCUT2D eigenvalue weighted by Crippen LogP contribution is -2.47. The first-order valence-corrected chi connectivity index (χ1v) is 8.05. The summed E-state index contributed by atoms with van der Waals surface area (Å²) in [5, 5.41) is 3.52. The second kappa shape index (κ2) is 5.89. The quantitative estimate of drug-likeness (QED) is 0.818. The van der Waals surface area contributed by atoms with Gasteiger partial charge in [-0.2, -0.15) is 0 Å². The van der Waals surface area contributed by atoms with Gasteiger partial charge in [0.25, 0.3) is 0 Å². The molecule has 3 rings (SSSR count). The van der Waals surface area contributed by atoms with Crippen LogP contribution in [0.1, 0.15) is 39.0 Å². The van der Waals surface area contributed by atoms with Crippen molar-refractivity contribution >= 4 is 0 Å². The van der Waals surface area contributed by atoms with E-state index < -0.39 is 0 Å². The summed E-state index contributed by atoms with van der Waals surface area (Å²) in [6, 6.07) is 1.83. The first kappa shape index (κ1) is 12.9. The Bertz CT molecular complexity index is 268. The van der Waals surface area contributed by atoms with E-state index in [1.165, 1.54) is 64.8 Å². The third-order valence-electron chi connectivity index (χ3n) is 5.31. The van der Waals surface area contributed by atoms with E-state index in [-0.39, 0.29) is 0 Å². The minimum atomic E-state index is 0.899. The molecule has 0 radical (unpaired) electrons. The van der Waals surface area contributed by atoms with Crippen LogP contribution in [-0.4, -0.2) is 61.2 Å². The Labute approximate surface area is 112 Å². The van der Waals surface area contributed by atoms with Crippen LogP contribution in [0, 0.1) is 5.92 Å². The van der Waals surface area contributed by atoms with Gasteiger partial charge in [0.1, 0.15) is 0 Å². The van der Waals surface area contributed by atoms with Crippen molar-refractivity contribution in [2.45, 2.75) is 51.1 Å². The van der Waals surface area contributed by atoms with Crippen LogP contribution in [0.15, 0.2) is 0 Å². The van der Waals surface area contributed by atoms with Crippen molar-refractivity contribution in [1.29, 1.82) is 0 Å². The number of hydrogen-bond acceptors (Lipinski definition) is 3. The predicted octanol–water partition coefficient (Wildman–Crippen LogP) is 1.54. The number of rotatable bonds is 4. The van der Waals surface area contributed by atoms with Gasteiger partial charge in [-0.25, -0.2) is 0 Å². The fourth-order valence-corrected chi connectivity index (χ4v) is 4.24. The highest BCUT2D eigenvalue weighted by Gasteiger charge is 2.36. The lowest BCUT2D eigenvalue weighted by molar-refractivity contribution is 0.101. The van der Waals surface area contributed by atoms with Crippen molar-refractivity contribution in [3.05, 3.63) is 0 Å². The fourth-order valence-electron chi connectivity index (χ4n) is 4.24. The van der Waals surface area contributed by atoms with Gasteiger partial charge in [0.05, 0.1) is 0 Å². The van der Waals surface area contributed by atoms with Crippen LogP contribution in [0.2, 0.25) is 0 Å². The zero-order chi connectivity index (χ0) is 12.4. The van der Waals surface area contributed by atoms with Crippen molar-refractivity contribution in [2.75, 3.05) is 39.3 Å². The first-order chi connectivity index (χ1) is 8.86. The second-order valence-corrected chi connectivity index (χ2v) is 6.47. The number of likely N-dealkylation sites (tertiary alicyclic amines) is 1. The lowest BCUT2D eigenvalue weighted by Gasteiger charge is -2.39. The van der Waals surface area contributed by atoms with Gasteiger partial charge in [0, 0.05) is 18.6 Å². The highest BCUT2D eigenvalue weighted by atomic mass is 15.2. The smallest absolute Gasteiger partial charge is 0.0122 e. The highest BCUT2D eigenvalue weighted by molar-refractivity contribution is 4.92. The molecule has 3 heterocycles. The Balaban J connectivity index is 1.47. The molecule has 0 amide bonds. The van der Waals surface area contributed by atoms with Gasteiger partial charge in [0.15, 0.2) is 0 Å². The highest BCUT2D eigenvalue weighted by Crippen LogP contribution is 2.31. The van der Waals surface area contributed by atoms with Gasteiger partial charge < -0.3 is 10.2 Å². The minimum absolute atomic E-state index is 0.899. The lowest BCUT2D eigenvalue weighted by atomic mass is 9.96. The molecule has 0 aromatic heterocycles. The van der Waals surface area contributed by atoms with Gasteiger partial charge in [-0.05, 0) is 70.7 Å². The van der Waals surface area contributed by atoms with Gasteiger partial charge >= 0.3 is 0 Å². The van der Waals surface area contributed by atoms with Crippen LogP contribution >= 0.6 is 0 Å². The molecule has 3 saturated heterocycles. The molecule has 104 valence electrons. The van der Waals surface area contributed by atoms with E-state index in [4.69, 9.17) is 0 Å². The maximum atomic E-state index is 3.52. The SMILES string of the molecule is CCNCC1CCN(C2CCN3CCCC3C2)C1. The molecule has 0 spiro atoms. The molecule has 3 nitrogen and oxygen atoms in total. The maximum Gasteiger partial charge on any atom is 0.0122 e.